The number of hydrogen-bond donors (Lipinski definition) is 0. The monoisotopic (exact) mass is 193 g/mol. The number of aliphatic imine (C=N–C) groups is 1. The first-order valence-electron chi connectivity index (χ1n) is 6.48. The first-order chi connectivity index (χ1) is 6.95. The molecule has 2 fully saturated rings. The topological polar surface area (TPSA) is 12.4 Å². The van der Waals surface area contributed by atoms with E-state index in [2.05, 4.69) is 6.21 Å². The molecule has 80 valence electrons. The smallest absolute Gasteiger partial charge is 0.0495 e. The zero-order valence-corrected chi connectivity index (χ0v) is 9.25. The molecule has 0 aromatic rings. The Morgan fingerprint density at radius 1 is 0.714 bits per heavy atom. The molecule has 0 unspecified atom stereocenters. The minimum Gasteiger partial charge on any atom is -0.294 e. The van der Waals surface area contributed by atoms with Gasteiger partial charge in [0.05, 0.1) is 0 Å². The van der Waals surface area contributed by atoms with Crippen molar-refractivity contribution in [1.82, 2.24) is 0 Å². The highest BCUT2D eigenvalue weighted by atomic mass is 14.8. The SMILES string of the molecule is C(=NC1CCCCC1)C1CCCCC1. The molecule has 0 spiro atoms. The average Bonchev–Trinajstić information content (AvgIpc) is 2.29. The molecule has 0 saturated heterocycles. The molecule has 0 N–H and O–H groups in total. The van der Waals surface area contributed by atoms with E-state index in [0.717, 1.165) is 5.92 Å². The second-order valence-corrected chi connectivity index (χ2v) is 4.99. The van der Waals surface area contributed by atoms with Crippen LogP contribution in [0.15, 0.2) is 4.99 Å². The maximum atomic E-state index is 4.78. The van der Waals surface area contributed by atoms with Crippen LogP contribution in [0.5, 0.6) is 0 Å². The molecule has 2 aliphatic rings. The Morgan fingerprint density at radius 3 is 1.93 bits per heavy atom. The van der Waals surface area contributed by atoms with Crippen molar-refractivity contribution in [3.8, 4) is 0 Å². The van der Waals surface area contributed by atoms with E-state index in [4.69, 9.17) is 4.99 Å². The van der Waals surface area contributed by atoms with Crippen LogP contribution in [-0.4, -0.2) is 12.3 Å². The normalized spacial score (nSPS) is 27.1. The van der Waals surface area contributed by atoms with Crippen LogP contribution < -0.4 is 0 Å². The Hall–Kier alpha value is -0.330. The van der Waals surface area contributed by atoms with Crippen molar-refractivity contribution in [3.63, 3.8) is 0 Å². The fraction of sp³-hybridized carbons (Fsp3) is 0.923. The van der Waals surface area contributed by atoms with Crippen LogP contribution in [0, 0.1) is 5.92 Å². The van der Waals surface area contributed by atoms with Crippen molar-refractivity contribution >= 4 is 6.21 Å². The first-order valence-corrected chi connectivity index (χ1v) is 6.48. The van der Waals surface area contributed by atoms with E-state index in [0.29, 0.717) is 6.04 Å². The second-order valence-electron chi connectivity index (χ2n) is 4.99. The van der Waals surface area contributed by atoms with Gasteiger partial charge in [-0.15, -0.1) is 0 Å². The van der Waals surface area contributed by atoms with Gasteiger partial charge in [-0.3, -0.25) is 4.99 Å². The van der Waals surface area contributed by atoms with Crippen LogP contribution in [-0.2, 0) is 0 Å². The van der Waals surface area contributed by atoms with Crippen LogP contribution in [0.2, 0.25) is 0 Å². The molecule has 0 aromatic carbocycles. The largest absolute Gasteiger partial charge is 0.294 e. The van der Waals surface area contributed by atoms with Crippen LogP contribution in [0.3, 0.4) is 0 Å². The molecule has 14 heavy (non-hydrogen) atoms. The summed E-state index contributed by atoms with van der Waals surface area (Å²) in [5.74, 6) is 0.825. The lowest BCUT2D eigenvalue weighted by Gasteiger charge is -2.20. The van der Waals surface area contributed by atoms with Crippen LogP contribution in [0.1, 0.15) is 64.2 Å². The fourth-order valence-corrected chi connectivity index (χ4v) is 2.76. The van der Waals surface area contributed by atoms with Crippen molar-refractivity contribution in [3.05, 3.63) is 0 Å². The van der Waals surface area contributed by atoms with Gasteiger partial charge in [-0.05, 0) is 31.6 Å². The molecule has 2 saturated carbocycles. The first kappa shape index (κ1) is 10.2. The summed E-state index contributed by atoms with van der Waals surface area (Å²) in [5, 5.41) is 0. The van der Waals surface area contributed by atoms with Gasteiger partial charge in [0.1, 0.15) is 0 Å². The molecule has 0 heterocycles. The van der Waals surface area contributed by atoms with E-state index in [1.807, 2.05) is 0 Å². The lowest BCUT2D eigenvalue weighted by atomic mass is 9.90. The van der Waals surface area contributed by atoms with E-state index in [1.54, 1.807) is 0 Å². The summed E-state index contributed by atoms with van der Waals surface area (Å²) in [6, 6.07) is 0.686. The summed E-state index contributed by atoms with van der Waals surface area (Å²) in [5.41, 5.74) is 0. The van der Waals surface area contributed by atoms with Crippen molar-refractivity contribution in [2.24, 2.45) is 10.9 Å². The minimum atomic E-state index is 0.686. The molecule has 1 nitrogen and oxygen atoms in total. The average molecular weight is 193 g/mol. The summed E-state index contributed by atoms with van der Waals surface area (Å²) < 4.78 is 0. The lowest BCUT2D eigenvalue weighted by molar-refractivity contribution is 0.427. The number of nitrogens with zero attached hydrogens (tertiary/aromatic N) is 1. The summed E-state index contributed by atoms with van der Waals surface area (Å²) in [7, 11) is 0. The number of hydrogen-bond acceptors (Lipinski definition) is 1. The van der Waals surface area contributed by atoms with Gasteiger partial charge in [-0.1, -0.05) is 38.5 Å². The predicted molar refractivity (Wildman–Crippen MR) is 61.9 cm³/mol. The molecule has 0 aromatic heterocycles. The summed E-state index contributed by atoms with van der Waals surface area (Å²) >= 11 is 0. The van der Waals surface area contributed by atoms with E-state index in [-0.39, 0.29) is 0 Å². The molecule has 0 radical (unpaired) electrons. The van der Waals surface area contributed by atoms with Gasteiger partial charge >= 0.3 is 0 Å². The third kappa shape index (κ3) is 3.11. The summed E-state index contributed by atoms with van der Waals surface area (Å²) in [6.07, 6.45) is 16.4. The zero-order valence-electron chi connectivity index (χ0n) is 9.25. The zero-order chi connectivity index (χ0) is 9.64. The Kier molecular flexibility index (Phi) is 4.03. The van der Waals surface area contributed by atoms with Crippen LogP contribution >= 0.6 is 0 Å². The van der Waals surface area contributed by atoms with Gasteiger partial charge < -0.3 is 0 Å². The Labute approximate surface area is 88.0 Å². The lowest BCUT2D eigenvalue weighted by Crippen LogP contribution is -2.13. The molecular formula is C13H23N. The van der Waals surface area contributed by atoms with Crippen molar-refractivity contribution in [2.45, 2.75) is 70.3 Å². The molecule has 1 heteroatoms. The van der Waals surface area contributed by atoms with E-state index >= 15 is 0 Å². The highest BCUT2D eigenvalue weighted by Crippen LogP contribution is 2.24. The molecule has 2 rings (SSSR count). The van der Waals surface area contributed by atoms with Gasteiger partial charge in [-0.25, -0.2) is 0 Å². The van der Waals surface area contributed by atoms with Gasteiger partial charge in [0.25, 0.3) is 0 Å². The Morgan fingerprint density at radius 2 is 1.29 bits per heavy atom. The predicted octanol–water partition coefficient (Wildman–Crippen LogP) is 3.97. The molecule has 2 aliphatic carbocycles. The van der Waals surface area contributed by atoms with E-state index < -0.39 is 0 Å². The van der Waals surface area contributed by atoms with E-state index in [1.165, 1.54) is 64.2 Å². The van der Waals surface area contributed by atoms with Crippen molar-refractivity contribution in [2.75, 3.05) is 0 Å². The van der Waals surface area contributed by atoms with Gasteiger partial charge in [0, 0.05) is 12.3 Å². The van der Waals surface area contributed by atoms with E-state index in [9.17, 15) is 0 Å². The third-order valence-corrected chi connectivity index (χ3v) is 3.73. The minimum absolute atomic E-state index is 0.686. The molecule has 0 atom stereocenters. The fourth-order valence-electron chi connectivity index (χ4n) is 2.76. The number of rotatable bonds is 2. The standard InChI is InChI=1S/C13H23N/c1-3-7-12(8-4-1)11-14-13-9-5-2-6-10-13/h11-13H,1-10H2. The Bertz CT molecular complexity index is 154. The van der Waals surface area contributed by atoms with Gasteiger partial charge in [0.2, 0.25) is 0 Å². The van der Waals surface area contributed by atoms with Crippen molar-refractivity contribution in [1.29, 1.82) is 0 Å². The highest BCUT2D eigenvalue weighted by Gasteiger charge is 2.14. The summed E-state index contributed by atoms with van der Waals surface area (Å²) in [6.45, 7) is 0. The van der Waals surface area contributed by atoms with Crippen LogP contribution in [0.4, 0.5) is 0 Å². The maximum absolute atomic E-state index is 4.78. The highest BCUT2D eigenvalue weighted by molar-refractivity contribution is 5.61. The maximum Gasteiger partial charge on any atom is 0.0495 e. The van der Waals surface area contributed by atoms with Gasteiger partial charge in [-0.2, -0.15) is 0 Å². The summed E-state index contributed by atoms with van der Waals surface area (Å²) in [4.78, 5) is 4.78. The molecule has 0 bridgehead atoms. The third-order valence-electron chi connectivity index (χ3n) is 3.73. The molecular weight excluding hydrogens is 170 g/mol. The van der Waals surface area contributed by atoms with Gasteiger partial charge in [0.15, 0.2) is 0 Å². The van der Waals surface area contributed by atoms with Crippen LogP contribution in [0.25, 0.3) is 0 Å². The Balaban J connectivity index is 1.73. The quantitative estimate of drug-likeness (QED) is 0.588. The second kappa shape index (κ2) is 5.53. The van der Waals surface area contributed by atoms with Crippen molar-refractivity contribution < 1.29 is 0 Å². The molecule has 0 amide bonds. The molecule has 0 aliphatic heterocycles.